The van der Waals surface area contributed by atoms with Crippen LogP contribution in [0.3, 0.4) is 0 Å². The van der Waals surface area contributed by atoms with Crippen molar-refractivity contribution in [2.75, 3.05) is 0 Å². The number of sulfonamides is 1. The van der Waals surface area contributed by atoms with Crippen LogP contribution >= 0.6 is 0 Å². The van der Waals surface area contributed by atoms with Crippen molar-refractivity contribution in [1.82, 2.24) is 4.72 Å². The van der Waals surface area contributed by atoms with Crippen LogP contribution in [0.25, 0.3) is 0 Å². The molecule has 3 N–H and O–H groups in total. The summed E-state index contributed by atoms with van der Waals surface area (Å²) in [7, 11) is -3.51. The second-order valence-electron chi connectivity index (χ2n) is 6.74. The highest BCUT2D eigenvalue weighted by Gasteiger charge is 2.66. The van der Waals surface area contributed by atoms with Crippen LogP contribution in [0.5, 0.6) is 0 Å². The summed E-state index contributed by atoms with van der Waals surface area (Å²) in [6.07, 6.45) is 0. The molecule has 0 bridgehead atoms. The van der Waals surface area contributed by atoms with Crippen LogP contribution in [0.1, 0.15) is 38.8 Å². The van der Waals surface area contributed by atoms with Gasteiger partial charge < -0.3 is 5.73 Å². The number of rotatable bonds is 4. The van der Waals surface area contributed by atoms with Crippen LogP contribution in [0, 0.1) is 17.8 Å². The standard InChI is InChI=1S/C15H24N2O2S/c1-10-11(9-16)7-6-8-12(10)20(18,19)17-13-14(2,3)15(13,4)5/h6-8,13,17H,9,16H2,1-5H3. The van der Waals surface area contributed by atoms with Crippen molar-refractivity contribution in [1.29, 1.82) is 0 Å². The Labute approximate surface area is 121 Å². The van der Waals surface area contributed by atoms with Gasteiger partial charge in [-0.1, -0.05) is 39.8 Å². The maximum atomic E-state index is 12.6. The molecule has 5 heteroatoms. The normalized spacial score (nSPS) is 20.9. The molecule has 1 aromatic carbocycles. The zero-order valence-electron chi connectivity index (χ0n) is 12.8. The number of nitrogens with one attached hydrogen (secondary N) is 1. The van der Waals surface area contributed by atoms with Gasteiger partial charge in [0.2, 0.25) is 10.0 Å². The van der Waals surface area contributed by atoms with Gasteiger partial charge >= 0.3 is 0 Å². The van der Waals surface area contributed by atoms with Crippen LogP contribution in [-0.2, 0) is 16.6 Å². The monoisotopic (exact) mass is 296 g/mol. The molecule has 0 heterocycles. The first kappa shape index (κ1) is 15.5. The predicted molar refractivity (Wildman–Crippen MR) is 80.7 cm³/mol. The molecule has 2 rings (SSSR count). The molecule has 1 fully saturated rings. The van der Waals surface area contributed by atoms with E-state index in [4.69, 9.17) is 5.73 Å². The van der Waals surface area contributed by atoms with E-state index >= 15 is 0 Å². The van der Waals surface area contributed by atoms with Crippen molar-refractivity contribution < 1.29 is 8.42 Å². The molecule has 20 heavy (non-hydrogen) atoms. The third-order valence-corrected chi connectivity index (χ3v) is 6.77. The van der Waals surface area contributed by atoms with E-state index in [2.05, 4.69) is 32.4 Å². The Kier molecular flexibility index (Phi) is 3.52. The first-order valence-corrected chi connectivity index (χ1v) is 8.35. The molecule has 0 atom stereocenters. The molecule has 0 spiro atoms. The molecule has 0 amide bonds. The molecule has 0 saturated heterocycles. The van der Waals surface area contributed by atoms with Gasteiger partial charge in [0.05, 0.1) is 4.90 Å². The van der Waals surface area contributed by atoms with Crippen molar-refractivity contribution in [3.8, 4) is 0 Å². The lowest BCUT2D eigenvalue weighted by atomic mass is 10.0. The first-order valence-electron chi connectivity index (χ1n) is 6.86. The topological polar surface area (TPSA) is 72.2 Å². The summed E-state index contributed by atoms with van der Waals surface area (Å²) in [5.74, 6) is 0. The first-order chi connectivity index (χ1) is 9.05. The number of hydrogen-bond acceptors (Lipinski definition) is 3. The molecule has 1 saturated carbocycles. The minimum atomic E-state index is -3.51. The highest BCUT2D eigenvalue weighted by molar-refractivity contribution is 7.89. The Morgan fingerprint density at radius 2 is 1.75 bits per heavy atom. The van der Waals surface area contributed by atoms with Gasteiger partial charge in [-0.3, -0.25) is 0 Å². The average Bonchev–Trinajstić information content (AvgIpc) is 2.71. The van der Waals surface area contributed by atoms with Crippen molar-refractivity contribution in [3.05, 3.63) is 29.3 Å². The Morgan fingerprint density at radius 3 is 2.20 bits per heavy atom. The van der Waals surface area contributed by atoms with E-state index < -0.39 is 10.0 Å². The molecule has 0 radical (unpaired) electrons. The molecular formula is C15H24N2O2S. The summed E-state index contributed by atoms with van der Waals surface area (Å²) in [5.41, 5.74) is 7.19. The van der Waals surface area contributed by atoms with Crippen LogP contribution < -0.4 is 10.5 Å². The van der Waals surface area contributed by atoms with Gasteiger partial charge in [-0.25, -0.2) is 13.1 Å². The molecule has 1 aliphatic carbocycles. The minimum Gasteiger partial charge on any atom is -0.326 e. The van der Waals surface area contributed by atoms with Gasteiger partial charge in [-0.05, 0) is 34.9 Å². The van der Waals surface area contributed by atoms with Gasteiger partial charge in [0.15, 0.2) is 0 Å². The SMILES string of the molecule is Cc1c(CN)cccc1S(=O)(=O)NC1C(C)(C)C1(C)C. The van der Waals surface area contributed by atoms with E-state index in [1.54, 1.807) is 19.1 Å². The third kappa shape index (κ3) is 2.18. The molecule has 1 aliphatic rings. The smallest absolute Gasteiger partial charge is 0.241 e. The summed E-state index contributed by atoms with van der Waals surface area (Å²) in [5, 5.41) is 0. The van der Waals surface area contributed by atoms with Crippen LogP contribution in [0.2, 0.25) is 0 Å². The summed E-state index contributed by atoms with van der Waals surface area (Å²) >= 11 is 0. The van der Waals surface area contributed by atoms with Gasteiger partial charge in [0.25, 0.3) is 0 Å². The molecule has 0 aliphatic heterocycles. The van der Waals surface area contributed by atoms with Crippen molar-refractivity contribution >= 4 is 10.0 Å². The molecular weight excluding hydrogens is 272 g/mol. The van der Waals surface area contributed by atoms with E-state index in [1.807, 2.05) is 6.07 Å². The molecule has 0 unspecified atom stereocenters. The molecule has 112 valence electrons. The quantitative estimate of drug-likeness (QED) is 0.894. The van der Waals surface area contributed by atoms with Crippen LogP contribution in [0.15, 0.2) is 23.1 Å². The summed E-state index contributed by atoms with van der Waals surface area (Å²) in [4.78, 5) is 0.332. The second-order valence-corrected chi connectivity index (χ2v) is 8.42. The van der Waals surface area contributed by atoms with E-state index in [9.17, 15) is 8.42 Å². The maximum absolute atomic E-state index is 12.6. The second kappa shape index (κ2) is 4.55. The Bertz CT molecular complexity index is 619. The van der Waals surface area contributed by atoms with Gasteiger partial charge in [0.1, 0.15) is 0 Å². The largest absolute Gasteiger partial charge is 0.326 e. The molecule has 4 nitrogen and oxygen atoms in total. The number of hydrogen-bond donors (Lipinski definition) is 2. The van der Waals surface area contributed by atoms with Crippen LogP contribution in [-0.4, -0.2) is 14.5 Å². The van der Waals surface area contributed by atoms with Crippen molar-refractivity contribution in [3.63, 3.8) is 0 Å². The third-order valence-electron chi connectivity index (χ3n) is 5.20. The lowest BCUT2D eigenvalue weighted by Crippen LogP contribution is -2.30. The maximum Gasteiger partial charge on any atom is 0.241 e. The van der Waals surface area contributed by atoms with E-state index in [-0.39, 0.29) is 16.9 Å². The van der Waals surface area contributed by atoms with Gasteiger partial charge in [-0.2, -0.15) is 0 Å². The van der Waals surface area contributed by atoms with E-state index in [0.717, 1.165) is 11.1 Å². The lowest BCUT2D eigenvalue weighted by molar-refractivity contribution is 0.457. The zero-order chi connectivity index (χ0) is 15.3. The van der Waals surface area contributed by atoms with E-state index in [0.29, 0.717) is 11.4 Å². The number of benzene rings is 1. The Balaban J connectivity index is 2.34. The summed E-state index contributed by atoms with van der Waals surface area (Å²) < 4.78 is 28.0. The fourth-order valence-corrected chi connectivity index (χ4v) is 4.70. The average molecular weight is 296 g/mol. The highest BCUT2D eigenvalue weighted by atomic mass is 32.2. The highest BCUT2D eigenvalue weighted by Crippen LogP contribution is 2.62. The van der Waals surface area contributed by atoms with Crippen LogP contribution in [0.4, 0.5) is 0 Å². The predicted octanol–water partition coefficient (Wildman–Crippen LogP) is 2.17. The number of nitrogens with two attached hydrogens (primary N) is 1. The zero-order valence-corrected chi connectivity index (χ0v) is 13.6. The molecule has 0 aromatic heterocycles. The molecule has 1 aromatic rings. The van der Waals surface area contributed by atoms with Gasteiger partial charge in [-0.15, -0.1) is 0 Å². The van der Waals surface area contributed by atoms with Gasteiger partial charge in [0, 0.05) is 12.6 Å². The fraction of sp³-hybridized carbons (Fsp3) is 0.600. The fourth-order valence-electron chi connectivity index (χ4n) is 2.88. The minimum absolute atomic E-state index is 0.0283. The van der Waals surface area contributed by atoms with Crippen molar-refractivity contribution in [2.24, 2.45) is 16.6 Å². The Morgan fingerprint density at radius 1 is 1.20 bits per heavy atom. The van der Waals surface area contributed by atoms with Crippen molar-refractivity contribution in [2.45, 2.75) is 52.1 Å². The summed E-state index contributed by atoms with van der Waals surface area (Å²) in [6.45, 7) is 10.5. The summed E-state index contributed by atoms with van der Waals surface area (Å²) in [6, 6.07) is 5.20. The van der Waals surface area contributed by atoms with E-state index in [1.165, 1.54) is 0 Å². The Hall–Kier alpha value is -0.910. The lowest BCUT2D eigenvalue weighted by Gasteiger charge is -2.13.